The molecular formula is C27H29ClN2O5. The first-order valence-electron chi connectivity index (χ1n) is 11.6. The number of ether oxygens (including phenoxy) is 3. The van der Waals surface area contributed by atoms with E-state index in [0.29, 0.717) is 68.3 Å². The summed E-state index contributed by atoms with van der Waals surface area (Å²) in [6, 6.07) is 18.8. The van der Waals surface area contributed by atoms with E-state index in [9.17, 15) is 9.90 Å². The molecular weight excluding hydrogens is 468 g/mol. The molecule has 0 spiro atoms. The predicted octanol–water partition coefficient (Wildman–Crippen LogP) is 5.46. The second kappa shape index (κ2) is 11.8. The van der Waals surface area contributed by atoms with Gasteiger partial charge in [0.25, 0.3) is 0 Å². The minimum absolute atomic E-state index is 0.276. The van der Waals surface area contributed by atoms with E-state index >= 15 is 0 Å². The van der Waals surface area contributed by atoms with Crippen molar-refractivity contribution in [1.29, 1.82) is 0 Å². The number of rotatable bonds is 10. The summed E-state index contributed by atoms with van der Waals surface area (Å²) in [5.74, 6) is 0.374. The van der Waals surface area contributed by atoms with Crippen LogP contribution in [0, 0.1) is 0 Å². The van der Waals surface area contributed by atoms with E-state index in [2.05, 4.69) is 5.32 Å². The van der Waals surface area contributed by atoms with Crippen LogP contribution in [0.25, 0.3) is 0 Å². The molecule has 0 aliphatic carbocycles. The third kappa shape index (κ3) is 6.59. The molecule has 0 atom stereocenters. The summed E-state index contributed by atoms with van der Waals surface area (Å²) < 4.78 is 17.2. The fraction of sp³-hybridized carbons (Fsp3) is 0.296. The van der Waals surface area contributed by atoms with Crippen LogP contribution < -0.4 is 19.7 Å². The van der Waals surface area contributed by atoms with E-state index < -0.39 is 5.97 Å². The molecule has 0 bridgehead atoms. The minimum Gasteiger partial charge on any atom is -0.490 e. The molecule has 1 aliphatic heterocycles. The second-order valence-corrected chi connectivity index (χ2v) is 8.56. The van der Waals surface area contributed by atoms with Crippen molar-refractivity contribution in [3.8, 4) is 11.5 Å². The van der Waals surface area contributed by atoms with Crippen molar-refractivity contribution < 1.29 is 24.1 Å². The van der Waals surface area contributed by atoms with Crippen LogP contribution in [0.15, 0.2) is 60.7 Å². The van der Waals surface area contributed by atoms with Gasteiger partial charge in [-0.25, -0.2) is 4.79 Å². The van der Waals surface area contributed by atoms with Gasteiger partial charge in [0, 0.05) is 30.3 Å². The first-order chi connectivity index (χ1) is 17.0. The van der Waals surface area contributed by atoms with Gasteiger partial charge in [-0.05, 0) is 60.5 Å². The number of hydrogen-bond acceptors (Lipinski definition) is 6. The maximum atomic E-state index is 11.9. The summed E-state index contributed by atoms with van der Waals surface area (Å²) in [7, 11) is 0. The molecule has 1 aliphatic rings. The summed E-state index contributed by atoms with van der Waals surface area (Å²) in [5.41, 5.74) is 3.73. The summed E-state index contributed by atoms with van der Waals surface area (Å²) in [5, 5.41) is 13.8. The summed E-state index contributed by atoms with van der Waals surface area (Å²) in [4.78, 5) is 14.0. The molecule has 184 valence electrons. The Morgan fingerprint density at radius 1 is 1.00 bits per heavy atom. The second-order valence-electron chi connectivity index (χ2n) is 8.12. The quantitative estimate of drug-likeness (QED) is 0.385. The van der Waals surface area contributed by atoms with Crippen LogP contribution in [-0.2, 0) is 17.9 Å². The summed E-state index contributed by atoms with van der Waals surface area (Å²) in [6.07, 6.45) is 0. The Hall–Kier alpha value is -3.42. The molecule has 0 saturated carbocycles. The Morgan fingerprint density at radius 2 is 1.74 bits per heavy atom. The minimum atomic E-state index is -0.948. The number of nitrogens with zero attached hydrogens (tertiary/aromatic N) is 1. The van der Waals surface area contributed by atoms with Crippen LogP contribution >= 0.6 is 11.6 Å². The standard InChI is InChI=1S/C27H29ClN2O5/c1-2-34-26-15-20(5-10-25(26)35-18-19-3-6-21(28)7-4-19)17-29-22-8-9-24(23(16-22)27(31)32)30-11-13-33-14-12-30/h3-10,15-16,29H,2,11-14,17-18H2,1H3,(H,31,32). The van der Waals surface area contributed by atoms with Gasteiger partial charge in [0.2, 0.25) is 0 Å². The number of morpholine rings is 1. The molecule has 0 aromatic heterocycles. The first kappa shape index (κ1) is 24.7. The Bertz CT molecular complexity index is 1150. The van der Waals surface area contributed by atoms with Crippen molar-refractivity contribution in [1.82, 2.24) is 0 Å². The van der Waals surface area contributed by atoms with Crippen LogP contribution in [0.4, 0.5) is 11.4 Å². The van der Waals surface area contributed by atoms with E-state index in [0.717, 1.165) is 16.8 Å². The van der Waals surface area contributed by atoms with Crippen LogP contribution in [-0.4, -0.2) is 44.0 Å². The maximum Gasteiger partial charge on any atom is 0.337 e. The largest absolute Gasteiger partial charge is 0.490 e. The zero-order chi connectivity index (χ0) is 24.6. The average molecular weight is 497 g/mol. The monoisotopic (exact) mass is 496 g/mol. The van der Waals surface area contributed by atoms with Crippen LogP contribution in [0.3, 0.4) is 0 Å². The molecule has 1 fully saturated rings. The molecule has 3 aromatic carbocycles. The molecule has 0 radical (unpaired) electrons. The topological polar surface area (TPSA) is 80.3 Å². The van der Waals surface area contributed by atoms with Crippen molar-refractivity contribution in [3.63, 3.8) is 0 Å². The Kier molecular flexibility index (Phi) is 8.34. The van der Waals surface area contributed by atoms with Gasteiger partial charge in [-0.2, -0.15) is 0 Å². The number of nitrogens with one attached hydrogen (secondary N) is 1. The molecule has 7 nitrogen and oxygen atoms in total. The average Bonchev–Trinajstić information content (AvgIpc) is 2.88. The molecule has 35 heavy (non-hydrogen) atoms. The zero-order valence-electron chi connectivity index (χ0n) is 19.6. The first-order valence-corrected chi connectivity index (χ1v) is 12.0. The number of aromatic carboxylic acids is 1. The molecule has 0 amide bonds. The lowest BCUT2D eigenvalue weighted by Crippen LogP contribution is -2.37. The van der Waals surface area contributed by atoms with E-state index in [1.807, 2.05) is 66.4 Å². The third-order valence-corrected chi connectivity index (χ3v) is 5.94. The number of carboxylic acid groups (broad SMARTS) is 1. The molecule has 1 heterocycles. The van der Waals surface area contributed by atoms with Crippen molar-refractivity contribution in [2.45, 2.75) is 20.1 Å². The van der Waals surface area contributed by atoms with Crippen molar-refractivity contribution in [2.75, 3.05) is 43.1 Å². The van der Waals surface area contributed by atoms with E-state index in [4.69, 9.17) is 25.8 Å². The molecule has 3 aromatic rings. The summed E-state index contributed by atoms with van der Waals surface area (Å²) >= 11 is 5.95. The molecule has 0 unspecified atom stereocenters. The van der Waals surface area contributed by atoms with Crippen molar-refractivity contribution >= 4 is 28.9 Å². The Labute approximate surface area is 210 Å². The lowest BCUT2D eigenvalue weighted by molar-refractivity contribution is 0.0696. The fourth-order valence-corrected chi connectivity index (χ4v) is 4.02. The van der Waals surface area contributed by atoms with E-state index in [1.54, 1.807) is 6.07 Å². The Balaban J connectivity index is 1.43. The highest BCUT2D eigenvalue weighted by molar-refractivity contribution is 6.30. The van der Waals surface area contributed by atoms with Crippen molar-refractivity contribution in [2.24, 2.45) is 0 Å². The van der Waals surface area contributed by atoms with Gasteiger partial charge in [0.1, 0.15) is 6.61 Å². The highest BCUT2D eigenvalue weighted by Crippen LogP contribution is 2.30. The highest BCUT2D eigenvalue weighted by atomic mass is 35.5. The predicted molar refractivity (Wildman–Crippen MR) is 137 cm³/mol. The Morgan fingerprint density at radius 3 is 2.46 bits per heavy atom. The molecule has 8 heteroatoms. The van der Waals surface area contributed by atoms with Gasteiger partial charge in [0.05, 0.1) is 31.1 Å². The molecule has 2 N–H and O–H groups in total. The van der Waals surface area contributed by atoms with Crippen molar-refractivity contribution in [3.05, 3.63) is 82.4 Å². The number of carbonyl (C=O) groups is 1. The highest BCUT2D eigenvalue weighted by Gasteiger charge is 2.19. The van der Waals surface area contributed by atoms with Crippen LogP contribution in [0.5, 0.6) is 11.5 Å². The van der Waals surface area contributed by atoms with Gasteiger partial charge in [0.15, 0.2) is 11.5 Å². The number of benzene rings is 3. The lowest BCUT2D eigenvalue weighted by atomic mass is 10.1. The van der Waals surface area contributed by atoms with Gasteiger partial charge in [-0.1, -0.05) is 29.8 Å². The molecule has 1 saturated heterocycles. The number of anilines is 2. The van der Waals surface area contributed by atoms with Crippen LogP contribution in [0.2, 0.25) is 5.02 Å². The normalized spacial score (nSPS) is 13.4. The smallest absolute Gasteiger partial charge is 0.337 e. The fourth-order valence-electron chi connectivity index (χ4n) is 3.89. The third-order valence-electron chi connectivity index (χ3n) is 5.69. The van der Waals surface area contributed by atoms with Gasteiger partial charge < -0.3 is 29.5 Å². The van der Waals surface area contributed by atoms with Gasteiger partial charge >= 0.3 is 5.97 Å². The SMILES string of the molecule is CCOc1cc(CNc2ccc(N3CCOCC3)c(C(=O)O)c2)ccc1OCc1ccc(Cl)cc1. The lowest BCUT2D eigenvalue weighted by Gasteiger charge is -2.30. The van der Waals surface area contributed by atoms with E-state index in [-0.39, 0.29) is 5.56 Å². The number of hydrogen-bond donors (Lipinski definition) is 2. The molecule has 4 rings (SSSR count). The number of halogens is 1. The zero-order valence-corrected chi connectivity index (χ0v) is 20.4. The number of carboxylic acids is 1. The van der Waals surface area contributed by atoms with Gasteiger partial charge in [-0.15, -0.1) is 0 Å². The van der Waals surface area contributed by atoms with Crippen LogP contribution in [0.1, 0.15) is 28.4 Å². The summed E-state index contributed by atoms with van der Waals surface area (Å²) in [6.45, 7) is 5.91. The maximum absolute atomic E-state index is 11.9. The van der Waals surface area contributed by atoms with E-state index in [1.165, 1.54) is 0 Å². The van der Waals surface area contributed by atoms with Gasteiger partial charge in [-0.3, -0.25) is 0 Å².